The molecule has 0 amide bonds. The molecule has 0 rings (SSSR count). The van der Waals surface area contributed by atoms with E-state index in [1.165, 1.54) is 22.3 Å². The molecule has 3 heteroatoms. The third-order valence-corrected chi connectivity index (χ3v) is 7.00. The van der Waals surface area contributed by atoms with E-state index in [0.717, 1.165) is 43.3 Å². The summed E-state index contributed by atoms with van der Waals surface area (Å²) in [6.45, 7) is 19.9. The summed E-state index contributed by atoms with van der Waals surface area (Å²) in [5, 5.41) is 9.83. The molecule has 3 nitrogen and oxygen atoms in total. The number of aliphatic hydroxyl groups is 1. The molecule has 1 N–H and O–H groups in total. The third kappa shape index (κ3) is 23.2. The van der Waals surface area contributed by atoms with Crippen LogP contribution in [-0.2, 0) is 9.53 Å². The number of carbonyl (C=O) groups is 1. The van der Waals surface area contributed by atoms with Gasteiger partial charge in [0.1, 0.15) is 5.60 Å². The summed E-state index contributed by atoms with van der Waals surface area (Å²) in [7, 11) is 1.54. The van der Waals surface area contributed by atoms with Gasteiger partial charge in [-0.15, -0.1) is 0 Å². The van der Waals surface area contributed by atoms with Gasteiger partial charge in [0.05, 0.1) is 5.60 Å². The van der Waals surface area contributed by atoms with Gasteiger partial charge in [0.15, 0.2) is 5.78 Å². The number of ketones is 1. The first-order valence-electron chi connectivity index (χ1n) is 15.8. The highest BCUT2D eigenvalue weighted by Gasteiger charge is 2.23. The lowest BCUT2D eigenvalue weighted by Gasteiger charge is -2.18. The Bertz CT molecular complexity index is 1220. The highest BCUT2D eigenvalue weighted by molar-refractivity contribution is 5.96. The van der Waals surface area contributed by atoms with Crippen molar-refractivity contribution in [2.75, 3.05) is 7.11 Å². The SMILES string of the molecule is COC(C)(C)C(=O)C=CC(C)=CC=CC(C)=CC=CC(C)=CC=CC=C(C)C=CC=C(C)CCC=C(C)CCCC(C)(C)O. The smallest absolute Gasteiger partial charge is 0.186 e. The molecule has 0 saturated heterocycles. The van der Waals surface area contributed by atoms with Crippen LogP contribution < -0.4 is 0 Å². The van der Waals surface area contributed by atoms with Crippen LogP contribution in [0.1, 0.15) is 101 Å². The zero-order valence-electron chi connectivity index (χ0n) is 29.5. The van der Waals surface area contributed by atoms with Crippen molar-refractivity contribution >= 4 is 5.78 Å². The van der Waals surface area contributed by atoms with Gasteiger partial charge in [-0.2, -0.15) is 0 Å². The highest BCUT2D eigenvalue weighted by Crippen LogP contribution is 2.17. The van der Waals surface area contributed by atoms with Gasteiger partial charge in [0.25, 0.3) is 0 Å². The fourth-order valence-electron chi connectivity index (χ4n) is 3.74. The topological polar surface area (TPSA) is 46.5 Å². The predicted octanol–water partition coefficient (Wildman–Crippen LogP) is 11.2. The number of rotatable bonds is 19. The van der Waals surface area contributed by atoms with Gasteiger partial charge < -0.3 is 9.84 Å². The van der Waals surface area contributed by atoms with Gasteiger partial charge in [0.2, 0.25) is 0 Å². The molecule has 0 saturated carbocycles. The Balaban J connectivity index is 4.71. The Hall–Kier alpha value is -3.27. The molecular formula is C41H60O3. The molecule has 0 aromatic carbocycles. The van der Waals surface area contributed by atoms with Crippen LogP contribution in [0.25, 0.3) is 0 Å². The summed E-state index contributed by atoms with van der Waals surface area (Å²) in [4.78, 5) is 12.1. The molecule has 0 aliphatic heterocycles. The summed E-state index contributed by atoms with van der Waals surface area (Å²) in [6.07, 6.45) is 37.8. The first kappa shape index (κ1) is 40.7. The van der Waals surface area contributed by atoms with Crippen LogP contribution in [0.2, 0.25) is 0 Å². The van der Waals surface area contributed by atoms with Crippen LogP contribution in [0.4, 0.5) is 0 Å². The Morgan fingerprint density at radius 1 is 0.614 bits per heavy atom. The quantitative estimate of drug-likeness (QED) is 0.0911. The molecule has 0 unspecified atom stereocenters. The summed E-state index contributed by atoms with van der Waals surface area (Å²) in [5.74, 6) is -0.0562. The van der Waals surface area contributed by atoms with E-state index in [2.05, 4.69) is 101 Å². The molecule has 0 bridgehead atoms. The number of methoxy groups -OCH3 is 1. The molecule has 0 spiro atoms. The molecule has 0 aliphatic rings. The highest BCUT2D eigenvalue weighted by atomic mass is 16.5. The van der Waals surface area contributed by atoms with Crippen molar-refractivity contribution in [3.05, 3.63) is 131 Å². The number of allylic oxidation sites excluding steroid dienone is 21. The maximum atomic E-state index is 12.1. The van der Waals surface area contributed by atoms with Crippen LogP contribution >= 0.6 is 0 Å². The van der Waals surface area contributed by atoms with Gasteiger partial charge in [-0.3, -0.25) is 4.79 Å². The number of hydrogen-bond acceptors (Lipinski definition) is 3. The van der Waals surface area contributed by atoms with E-state index >= 15 is 0 Å². The monoisotopic (exact) mass is 600 g/mol. The van der Waals surface area contributed by atoms with Gasteiger partial charge >= 0.3 is 0 Å². The first-order valence-corrected chi connectivity index (χ1v) is 15.8. The average Bonchev–Trinajstić information content (AvgIpc) is 2.93. The van der Waals surface area contributed by atoms with Crippen LogP contribution in [0, 0.1) is 0 Å². The number of hydrogen-bond donors (Lipinski definition) is 1. The summed E-state index contributed by atoms with van der Waals surface area (Å²) >= 11 is 0. The molecule has 0 fully saturated rings. The van der Waals surface area contributed by atoms with E-state index in [9.17, 15) is 9.90 Å². The lowest BCUT2D eigenvalue weighted by atomic mass is 9.99. The van der Waals surface area contributed by atoms with Crippen molar-refractivity contribution in [1.82, 2.24) is 0 Å². The molecule has 242 valence electrons. The normalized spacial score (nSPS) is 15.8. The number of ether oxygens (including phenoxy) is 1. The predicted molar refractivity (Wildman–Crippen MR) is 194 cm³/mol. The fourth-order valence-corrected chi connectivity index (χ4v) is 3.74. The maximum Gasteiger partial charge on any atom is 0.186 e. The number of carbonyl (C=O) groups excluding carboxylic acids is 1. The molecule has 0 aromatic heterocycles. The second-order valence-corrected chi connectivity index (χ2v) is 12.8. The van der Waals surface area contributed by atoms with E-state index in [4.69, 9.17) is 4.74 Å². The first-order chi connectivity index (χ1) is 20.6. The second-order valence-electron chi connectivity index (χ2n) is 12.8. The Labute approximate surface area is 270 Å². The fraction of sp³-hybridized carbons (Fsp3) is 0.439. The molecule has 0 radical (unpaired) electrons. The van der Waals surface area contributed by atoms with Crippen molar-refractivity contribution in [3.8, 4) is 0 Å². The zero-order chi connectivity index (χ0) is 33.6. The second kappa shape index (κ2) is 22.3. The molecular weight excluding hydrogens is 540 g/mol. The van der Waals surface area contributed by atoms with Crippen LogP contribution in [0.5, 0.6) is 0 Å². The minimum absolute atomic E-state index is 0.0562. The Morgan fingerprint density at radius 2 is 1.07 bits per heavy atom. The standard InChI is InChI=1S/C41H60O3/c1-33(21-14-23-35(3)25-16-27-37(5)29-18-32-40(7,8)43)19-12-13-20-34(2)22-15-24-36(4)26-17-28-38(6)30-31-39(42)41(9,10)44-11/h12-15,17,19-24,26-28,30-31,43H,16,18,25,29,32H2,1-11H3. The van der Waals surface area contributed by atoms with Crippen molar-refractivity contribution in [2.45, 2.75) is 113 Å². The Morgan fingerprint density at radius 3 is 1.55 bits per heavy atom. The van der Waals surface area contributed by atoms with Gasteiger partial charge in [-0.05, 0) is 107 Å². The largest absolute Gasteiger partial charge is 0.390 e. The van der Waals surface area contributed by atoms with Crippen molar-refractivity contribution < 1.29 is 14.6 Å². The summed E-state index contributed by atoms with van der Waals surface area (Å²) in [5.41, 5.74) is 5.90. The lowest BCUT2D eigenvalue weighted by Crippen LogP contribution is -2.32. The van der Waals surface area contributed by atoms with E-state index < -0.39 is 11.2 Å². The zero-order valence-corrected chi connectivity index (χ0v) is 29.5. The van der Waals surface area contributed by atoms with E-state index in [1.807, 2.05) is 45.1 Å². The molecule has 0 aromatic rings. The van der Waals surface area contributed by atoms with Gasteiger partial charge in [-0.25, -0.2) is 0 Å². The maximum absolute atomic E-state index is 12.1. The van der Waals surface area contributed by atoms with Gasteiger partial charge in [-0.1, -0.05) is 125 Å². The van der Waals surface area contributed by atoms with E-state index in [0.29, 0.717) is 0 Å². The molecule has 0 atom stereocenters. The lowest BCUT2D eigenvalue weighted by molar-refractivity contribution is -0.131. The summed E-state index contributed by atoms with van der Waals surface area (Å²) in [6, 6.07) is 0. The molecule has 44 heavy (non-hydrogen) atoms. The molecule has 0 heterocycles. The van der Waals surface area contributed by atoms with Gasteiger partial charge in [0, 0.05) is 7.11 Å². The van der Waals surface area contributed by atoms with Crippen molar-refractivity contribution in [2.24, 2.45) is 0 Å². The third-order valence-electron chi connectivity index (χ3n) is 7.00. The average molecular weight is 601 g/mol. The van der Waals surface area contributed by atoms with Crippen molar-refractivity contribution in [3.63, 3.8) is 0 Å². The van der Waals surface area contributed by atoms with Crippen molar-refractivity contribution in [1.29, 1.82) is 0 Å². The molecule has 0 aliphatic carbocycles. The summed E-state index contributed by atoms with van der Waals surface area (Å²) < 4.78 is 5.21. The Kier molecular flexibility index (Phi) is 20.6. The van der Waals surface area contributed by atoms with E-state index in [1.54, 1.807) is 27.0 Å². The van der Waals surface area contributed by atoms with E-state index in [-0.39, 0.29) is 5.78 Å². The van der Waals surface area contributed by atoms with Crippen LogP contribution in [0.3, 0.4) is 0 Å². The van der Waals surface area contributed by atoms with Crippen LogP contribution in [-0.4, -0.2) is 29.2 Å². The minimum atomic E-state index is -0.802. The van der Waals surface area contributed by atoms with Crippen LogP contribution in [0.15, 0.2) is 131 Å². The minimum Gasteiger partial charge on any atom is -0.390 e.